The van der Waals surface area contributed by atoms with Gasteiger partial charge in [0.2, 0.25) is 11.8 Å². The molecule has 31 heavy (non-hydrogen) atoms. The fraction of sp³-hybridized carbons (Fsp3) is 0.545. The van der Waals surface area contributed by atoms with E-state index < -0.39 is 18.6 Å². The normalized spacial score (nSPS) is 32.3. The third-order valence-corrected chi connectivity index (χ3v) is 10.5. The van der Waals surface area contributed by atoms with E-state index in [0.717, 1.165) is 11.3 Å². The first-order valence-corrected chi connectivity index (χ1v) is 13.5. The highest BCUT2D eigenvalue weighted by molar-refractivity contribution is 9.12. The zero-order valence-corrected chi connectivity index (χ0v) is 20.9. The first-order valence-electron chi connectivity index (χ1n) is 10.3. The molecule has 0 aromatic heterocycles. The molecule has 2 aliphatic carbocycles. The Labute approximate surface area is 202 Å². The van der Waals surface area contributed by atoms with E-state index in [9.17, 15) is 19.2 Å². The summed E-state index contributed by atoms with van der Waals surface area (Å²) < 4.78 is 5.30. The summed E-state index contributed by atoms with van der Waals surface area (Å²) in [7, 11) is 0. The molecule has 3 aliphatic rings. The molecule has 6 nitrogen and oxygen atoms in total. The topological polar surface area (TPSA) is 80.8 Å². The number of halogens is 2. The smallest absolute Gasteiger partial charge is 0.329 e. The summed E-state index contributed by atoms with van der Waals surface area (Å²) >= 11 is 8.87. The van der Waals surface area contributed by atoms with Crippen molar-refractivity contribution in [2.75, 3.05) is 18.6 Å². The lowest BCUT2D eigenvalue weighted by Crippen LogP contribution is -2.47. The Bertz CT molecular complexity index is 865. The second-order valence-corrected chi connectivity index (χ2v) is 11.3. The van der Waals surface area contributed by atoms with Crippen molar-refractivity contribution in [2.45, 2.75) is 28.5 Å². The highest BCUT2D eigenvalue weighted by Crippen LogP contribution is 2.60. The average Bonchev–Trinajstić information content (AvgIpc) is 3.38. The molecule has 1 aromatic rings. The minimum absolute atomic E-state index is 0.0812. The summed E-state index contributed by atoms with van der Waals surface area (Å²) in [5, 5.41) is 0. The monoisotopic (exact) mass is 571 g/mol. The summed E-state index contributed by atoms with van der Waals surface area (Å²) in [6, 6.07) is 7.57. The number of esters is 1. The molecule has 1 aliphatic heterocycles. The highest BCUT2D eigenvalue weighted by atomic mass is 79.9. The number of Topliss-reactive ketones (excluding diaryl/α,β-unsaturated/α-hetero) is 1. The van der Waals surface area contributed by atoms with Gasteiger partial charge in [-0.2, -0.15) is 11.8 Å². The van der Waals surface area contributed by atoms with E-state index in [1.54, 1.807) is 30.3 Å². The Morgan fingerprint density at radius 3 is 2.23 bits per heavy atom. The van der Waals surface area contributed by atoms with Crippen LogP contribution in [0.1, 0.15) is 23.2 Å². The summed E-state index contributed by atoms with van der Waals surface area (Å²) in [5.41, 5.74) is 0.446. The fourth-order valence-electron chi connectivity index (χ4n) is 5.20. The van der Waals surface area contributed by atoms with Crippen molar-refractivity contribution >= 4 is 67.2 Å². The van der Waals surface area contributed by atoms with Gasteiger partial charge in [-0.25, -0.2) is 4.79 Å². The van der Waals surface area contributed by atoms with Gasteiger partial charge in [0.15, 0.2) is 12.4 Å². The Hall–Kier alpha value is -1.19. The number of ketones is 1. The van der Waals surface area contributed by atoms with E-state index in [-0.39, 0.29) is 50.9 Å². The van der Waals surface area contributed by atoms with Crippen LogP contribution in [0.3, 0.4) is 0 Å². The SMILES string of the molecule is CSCC[C@H](C(=O)OCC(=O)c1ccccc1)N1C(=O)[C@@H]2[C@H]3C[C@@H]([C@H](Br)[C@H]3Br)[C@@H]2C1=O. The first-order chi connectivity index (χ1) is 14.9. The minimum Gasteiger partial charge on any atom is -0.456 e. The van der Waals surface area contributed by atoms with E-state index in [1.807, 2.05) is 6.26 Å². The van der Waals surface area contributed by atoms with Crippen molar-refractivity contribution in [3.8, 4) is 0 Å². The number of amides is 2. The van der Waals surface area contributed by atoms with Crippen molar-refractivity contribution in [1.29, 1.82) is 0 Å². The van der Waals surface area contributed by atoms with Crippen molar-refractivity contribution in [2.24, 2.45) is 23.7 Å². The van der Waals surface area contributed by atoms with Crippen LogP contribution in [0.15, 0.2) is 30.3 Å². The number of imide groups is 1. The first kappa shape index (κ1) is 23.0. The van der Waals surface area contributed by atoms with Gasteiger partial charge in [-0.15, -0.1) is 0 Å². The van der Waals surface area contributed by atoms with Crippen LogP contribution in [0, 0.1) is 23.7 Å². The van der Waals surface area contributed by atoms with Crippen molar-refractivity contribution in [1.82, 2.24) is 4.90 Å². The molecule has 1 saturated heterocycles. The molecular weight excluding hydrogens is 550 g/mol. The molecule has 2 saturated carbocycles. The molecule has 3 fully saturated rings. The zero-order valence-electron chi connectivity index (χ0n) is 16.9. The predicted octanol–water partition coefficient (Wildman–Crippen LogP) is 3.31. The van der Waals surface area contributed by atoms with E-state index in [0.29, 0.717) is 17.7 Å². The lowest BCUT2D eigenvalue weighted by atomic mass is 9.81. The third kappa shape index (κ3) is 4.02. The summed E-state index contributed by atoms with van der Waals surface area (Å²) in [5.74, 6) is -1.58. The van der Waals surface area contributed by atoms with Gasteiger partial charge in [0, 0.05) is 15.2 Å². The summed E-state index contributed by atoms with van der Waals surface area (Å²) in [6.07, 6.45) is 3.04. The molecule has 0 radical (unpaired) electrons. The van der Waals surface area contributed by atoms with Crippen LogP contribution in [-0.2, 0) is 19.1 Å². The summed E-state index contributed by atoms with van der Waals surface area (Å²) in [4.78, 5) is 53.3. The standard InChI is InChI=1S/C22H23Br2NO5S/c1-31-8-7-14(22(29)30-10-15(26)11-5-3-2-4-6-11)25-20(27)16-12-9-13(17(16)21(25)28)19(24)18(12)23/h2-6,12-14,16-19H,7-10H2,1H3/t12-,13-,14-,16-,17+,18+,19+/m1/s1. The zero-order chi connectivity index (χ0) is 22.3. The van der Waals surface area contributed by atoms with Crippen LogP contribution in [0.5, 0.6) is 0 Å². The lowest BCUT2D eigenvalue weighted by molar-refractivity contribution is -0.158. The highest BCUT2D eigenvalue weighted by Gasteiger charge is 2.67. The number of rotatable bonds is 8. The minimum atomic E-state index is -0.997. The molecule has 1 heterocycles. The molecule has 2 amide bonds. The second kappa shape index (κ2) is 9.35. The van der Waals surface area contributed by atoms with Gasteiger partial charge in [-0.05, 0) is 36.7 Å². The number of benzene rings is 1. The molecule has 0 unspecified atom stereocenters. The van der Waals surface area contributed by atoms with Gasteiger partial charge in [0.25, 0.3) is 0 Å². The Morgan fingerprint density at radius 1 is 1.10 bits per heavy atom. The third-order valence-electron chi connectivity index (χ3n) is 6.64. The fourth-order valence-corrected chi connectivity index (χ4v) is 7.53. The molecule has 2 bridgehead atoms. The molecule has 9 heteroatoms. The maximum Gasteiger partial charge on any atom is 0.329 e. The van der Waals surface area contributed by atoms with Crippen LogP contribution in [0.4, 0.5) is 0 Å². The molecule has 4 rings (SSSR count). The van der Waals surface area contributed by atoms with Gasteiger partial charge in [0.1, 0.15) is 6.04 Å². The van der Waals surface area contributed by atoms with Gasteiger partial charge in [-0.1, -0.05) is 62.2 Å². The second-order valence-electron chi connectivity index (χ2n) is 8.24. The van der Waals surface area contributed by atoms with E-state index >= 15 is 0 Å². The number of carbonyl (C=O) groups excluding carboxylic acids is 4. The molecule has 1 aromatic carbocycles. The maximum absolute atomic E-state index is 13.3. The number of nitrogens with zero attached hydrogens (tertiary/aromatic N) is 1. The number of likely N-dealkylation sites (tertiary alicyclic amines) is 1. The van der Waals surface area contributed by atoms with Crippen molar-refractivity contribution in [3.63, 3.8) is 0 Å². The number of alkyl halides is 2. The van der Waals surface area contributed by atoms with Crippen molar-refractivity contribution in [3.05, 3.63) is 35.9 Å². The van der Waals surface area contributed by atoms with Gasteiger partial charge < -0.3 is 4.74 Å². The van der Waals surface area contributed by atoms with Crippen LogP contribution in [0.25, 0.3) is 0 Å². The van der Waals surface area contributed by atoms with Crippen LogP contribution in [0.2, 0.25) is 0 Å². The van der Waals surface area contributed by atoms with Crippen LogP contribution >= 0.6 is 43.6 Å². The predicted molar refractivity (Wildman–Crippen MR) is 124 cm³/mol. The quantitative estimate of drug-likeness (QED) is 0.206. The number of thioether (sulfide) groups is 1. The van der Waals surface area contributed by atoms with Gasteiger partial charge in [-0.3, -0.25) is 19.3 Å². The van der Waals surface area contributed by atoms with Crippen LogP contribution in [-0.4, -0.2) is 62.8 Å². The van der Waals surface area contributed by atoms with Gasteiger partial charge >= 0.3 is 5.97 Å². The largest absolute Gasteiger partial charge is 0.456 e. The average molecular weight is 573 g/mol. The van der Waals surface area contributed by atoms with E-state index in [4.69, 9.17) is 4.74 Å². The Kier molecular flexibility index (Phi) is 6.93. The molecule has 166 valence electrons. The Balaban J connectivity index is 1.50. The molecule has 7 atom stereocenters. The maximum atomic E-state index is 13.3. The van der Waals surface area contributed by atoms with Gasteiger partial charge in [0.05, 0.1) is 11.8 Å². The Morgan fingerprint density at radius 2 is 1.68 bits per heavy atom. The molecule has 0 N–H and O–H groups in total. The lowest BCUT2D eigenvalue weighted by Gasteiger charge is -2.28. The number of ether oxygens (including phenoxy) is 1. The summed E-state index contributed by atoms with van der Waals surface area (Å²) in [6.45, 7) is -0.417. The molecular formula is C22H23Br2NO5S. The molecule has 0 spiro atoms. The van der Waals surface area contributed by atoms with Crippen LogP contribution < -0.4 is 0 Å². The van der Waals surface area contributed by atoms with Crippen molar-refractivity contribution < 1.29 is 23.9 Å². The van der Waals surface area contributed by atoms with E-state index in [1.165, 1.54) is 11.8 Å². The number of hydrogen-bond donors (Lipinski definition) is 0. The number of fused-ring (bicyclic) bond motifs is 5. The van der Waals surface area contributed by atoms with E-state index in [2.05, 4.69) is 31.9 Å². The number of carbonyl (C=O) groups is 4. The number of hydrogen-bond acceptors (Lipinski definition) is 6.